The predicted octanol–water partition coefficient (Wildman–Crippen LogP) is 1.00. The highest BCUT2D eigenvalue weighted by Crippen LogP contribution is 2.19. The molecule has 0 atom stereocenters. The summed E-state index contributed by atoms with van der Waals surface area (Å²) in [5.41, 5.74) is 7.30. The van der Waals surface area contributed by atoms with Gasteiger partial charge in [0.1, 0.15) is 17.3 Å². The van der Waals surface area contributed by atoms with Crippen molar-refractivity contribution in [3.63, 3.8) is 0 Å². The number of thiocarbonyl (C=S) groups is 1. The van der Waals surface area contributed by atoms with Crippen LogP contribution in [0.1, 0.15) is 11.1 Å². The second-order valence-corrected chi connectivity index (χ2v) is 3.38. The fraction of sp³-hybridized carbons (Fsp3) is 0.300. The maximum absolute atomic E-state index is 8.64. The Kier molecular flexibility index (Phi) is 3.85. The molecule has 3 N–H and O–H groups in total. The first-order chi connectivity index (χ1) is 6.65. The van der Waals surface area contributed by atoms with Gasteiger partial charge in [-0.2, -0.15) is 0 Å². The zero-order valence-corrected chi connectivity index (χ0v) is 8.80. The minimum atomic E-state index is -0.0231. The number of aliphatic hydroxyl groups excluding tert-OH is 1. The van der Waals surface area contributed by atoms with Gasteiger partial charge in [-0.3, -0.25) is 0 Å². The van der Waals surface area contributed by atoms with E-state index in [1.807, 2.05) is 25.1 Å². The number of rotatable bonds is 4. The Bertz CT molecular complexity index is 339. The van der Waals surface area contributed by atoms with Crippen molar-refractivity contribution in [1.82, 2.24) is 0 Å². The Morgan fingerprint density at radius 2 is 2.29 bits per heavy atom. The lowest BCUT2D eigenvalue weighted by Crippen LogP contribution is -2.13. The van der Waals surface area contributed by atoms with Gasteiger partial charge in [0.25, 0.3) is 0 Å². The molecular formula is C10H13NO2S. The van der Waals surface area contributed by atoms with Crippen LogP contribution in [0.2, 0.25) is 0 Å². The van der Waals surface area contributed by atoms with Crippen LogP contribution in [0.15, 0.2) is 18.2 Å². The quantitative estimate of drug-likeness (QED) is 0.730. The summed E-state index contributed by atoms with van der Waals surface area (Å²) in [6.07, 6.45) is 0. The van der Waals surface area contributed by atoms with Crippen molar-refractivity contribution in [2.24, 2.45) is 5.73 Å². The van der Waals surface area contributed by atoms with E-state index >= 15 is 0 Å². The molecule has 0 aliphatic carbocycles. The smallest absolute Gasteiger partial charge is 0.129 e. The monoisotopic (exact) mass is 211 g/mol. The lowest BCUT2D eigenvalue weighted by atomic mass is 10.1. The normalized spacial score (nSPS) is 9.86. The fourth-order valence-electron chi connectivity index (χ4n) is 1.11. The van der Waals surface area contributed by atoms with E-state index in [9.17, 15) is 0 Å². The molecule has 0 radical (unpaired) electrons. The number of aliphatic hydroxyl groups is 1. The van der Waals surface area contributed by atoms with E-state index in [1.54, 1.807) is 0 Å². The van der Waals surface area contributed by atoms with Crippen LogP contribution >= 0.6 is 12.2 Å². The molecule has 0 heterocycles. The summed E-state index contributed by atoms with van der Waals surface area (Å²) in [6, 6.07) is 5.59. The van der Waals surface area contributed by atoms with Crippen molar-refractivity contribution in [3.8, 4) is 5.75 Å². The summed E-state index contributed by atoms with van der Waals surface area (Å²) < 4.78 is 5.31. The van der Waals surface area contributed by atoms with Crippen molar-refractivity contribution >= 4 is 17.2 Å². The van der Waals surface area contributed by atoms with E-state index in [2.05, 4.69) is 0 Å². The zero-order valence-electron chi connectivity index (χ0n) is 7.99. The minimum absolute atomic E-state index is 0.0231. The average molecular weight is 211 g/mol. The number of benzene rings is 1. The van der Waals surface area contributed by atoms with Gasteiger partial charge in [-0.25, -0.2) is 0 Å². The van der Waals surface area contributed by atoms with Crippen LogP contribution in [0.4, 0.5) is 0 Å². The number of ether oxygens (including phenoxy) is 1. The van der Waals surface area contributed by atoms with Crippen molar-refractivity contribution in [2.45, 2.75) is 6.92 Å². The second-order valence-electron chi connectivity index (χ2n) is 2.94. The maximum atomic E-state index is 8.64. The SMILES string of the molecule is Cc1ccc(C(N)=S)c(OCCO)c1. The van der Waals surface area contributed by atoms with Crippen LogP contribution in [0.25, 0.3) is 0 Å². The van der Waals surface area contributed by atoms with E-state index in [4.69, 9.17) is 27.8 Å². The second kappa shape index (κ2) is 4.93. The van der Waals surface area contributed by atoms with Crippen LogP contribution in [0, 0.1) is 6.92 Å². The van der Waals surface area contributed by atoms with Gasteiger partial charge < -0.3 is 15.6 Å². The Morgan fingerprint density at radius 1 is 1.57 bits per heavy atom. The third-order valence-corrected chi connectivity index (χ3v) is 1.97. The molecular weight excluding hydrogens is 198 g/mol. The first-order valence-electron chi connectivity index (χ1n) is 4.29. The molecule has 0 saturated heterocycles. The van der Waals surface area contributed by atoms with Gasteiger partial charge in [0.2, 0.25) is 0 Å². The van der Waals surface area contributed by atoms with Crippen molar-refractivity contribution < 1.29 is 9.84 Å². The molecule has 1 aromatic rings. The molecule has 14 heavy (non-hydrogen) atoms. The molecule has 0 aliphatic heterocycles. The molecule has 0 aromatic heterocycles. The Hall–Kier alpha value is -1.13. The highest BCUT2D eigenvalue weighted by atomic mass is 32.1. The summed E-state index contributed by atoms with van der Waals surface area (Å²) >= 11 is 4.88. The van der Waals surface area contributed by atoms with Crippen LogP contribution in [-0.2, 0) is 0 Å². The number of nitrogens with two attached hydrogens (primary N) is 1. The van der Waals surface area contributed by atoms with Gasteiger partial charge in [-0.1, -0.05) is 18.3 Å². The fourth-order valence-corrected chi connectivity index (χ4v) is 1.28. The molecule has 0 saturated carbocycles. The lowest BCUT2D eigenvalue weighted by molar-refractivity contribution is 0.201. The van der Waals surface area contributed by atoms with Crippen molar-refractivity contribution in [2.75, 3.05) is 13.2 Å². The van der Waals surface area contributed by atoms with Crippen molar-refractivity contribution in [3.05, 3.63) is 29.3 Å². The van der Waals surface area contributed by atoms with Gasteiger partial charge in [-0.05, 0) is 24.6 Å². The van der Waals surface area contributed by atoms with Crippen LogP contribution in [0.5, 0.6) is 5.75 Å². The first-order valence-corrected chi connectivity index (χ1v) is 4.70. The summed E-state index contributed by atoms with van der Waals surface area (Å²) in [5, 5.41) is 8.64. The topological polar surface area (TPSA) is 55.5 Å². The predicted molar refractivity (Wildman–Crippen MR) is 59.6 cm³/mol. The molecule has 0 bridgehead atoms. The van der Waals surface area contributed by atoms with E-state index in [-0.39, 0.29) is 13.2 Å². The zero-order chi connectivity index (χ0) is 10.6. The molecule has 4 heteroatoms. The van der Waals surface area contributed by atoms with Gasteiger partial charge >= 0.3 is 0 Å². The molecule has 0 spiro atoms. The summed E-state index contributed by atoms with van der Waals surface area (Å²) in [7, 11) is 0. The van der Waals surface area contributed by atoms with E-state index in [0.717, 1.165) is 5.56 Å². The number of aryl methyl sites for hydroxylation is 1. The van der Waals surface area contributed by atoms with Gasteiger partial charge in [0.15, 0.2) is 0 Å². The highest BCUT2D eigenvalue weighted by Gasteiger charge is 2.05. The van der Waals surface area contributed by atoms with Gasteiger partial charge in [0.05, 0.1) is 12.2 Å². The van der Waals surface area contributed by atoms with E-state index < -0.39 is 0 Å². The lowest BCUT2D eigenvalue weighted by Gasteiger charge is -2.10. The maximum Gasteiger partial charge on any atom is 0.129 e. The summed E-state index contributed by atoms with van der Waals surface area (Å²) in [6.45, 7) is 2.18. The standard InChI is InChI=1S/C10H13NO2S/c1-7-2-3-8(10(11)14)9(6-7)13-5-4-12/h2-3,6,12H,4-5H2,1H3,(H2,11,14). The van der Waals surface area contributed by atoms with Crippen molar-refractivity contribution in [1.29, 1.82) is 0 Å². The third-order valence-electron chi connectivity index (χ3n) is 1.75. The number of hydrogen-bond donors (Lipinski definition) is 2. The molecule has 1 aromatic carbocycles. The van der Waals surface area contributed by atoms with Crippen LogP contribution in [-0.4, -0.2) is 23.3 Å². The number of hydrogen-bond acceptors (Lipinski definition) is 3. The Labute approximate surface area is 88.5 Å². The van der Waals surface area contributed by atoms with E-state index in [0.29, 0.717) is 16.3 Å². The molecule has 76 valence electrons. The molecule has 1 rings (SSSR count). The van der Waals surface area contributed by atoms with Gasteiger partial charge in [-0.15, -0.1) is 0 Å². The molecule has 0 fully saturated rings. The van der Waals surface area contributed by atoms with Gasteiger partial charge in [0, 0.05) is 0 Å². The average Bonchev–Trinajstić information content (AvgIpc) is 2.14. The summed E-state index contributed by atoms with van der Waals surface area (Å²) in [4.78, 5) is 0.304. The Balaban J connectivity index is 2.97. The third kappa shape index (κ3) is 2.68. The largest absolute Gasteiger partial charge is 0.490 e. The molecule has 3 nitrogen and oxygen atoms in total. The van der Waals surface area contributed by atoms with Crippen LogP contribution < -0.4 is 10.5 Å². The van der Waals surface area contributed by atoms with Crippen LogP contribution in [0.3, 0.4) is 0 Å². The highest BCUT2D eigenvalue weighted by molar-refractivity contribution is 7.80. The summed E-state index contributed by atoms with van der Waals surface area (Å²) in [5.74, 6) is 0.631. The minimum Gasteiger partial charge on any atom is -0.490 e. The Morgan fingerprint density at radius 3 is 2.86 bits per heavy atom. The molecule has 0 aliphatic rings. The first kappa shape index (κ1) is 10.9. The van der Waals surface area contributed by atoms with E-state index in [1.165, 1.54) is 0 Å². The molecule has 0 unspecified atom stereocenters. The molecule has 0 amide bonds.